The highest BCUT2D eigenvalue weighted by Gasteiger charge is 2.16. The van der Waals surface area contributed by atoms with Gasteiger partial charge in [-0.1, -0.05) is 0 Å². The number of non-ortho nitro benzene ring substituents is 1. The molecule has 0 aliphatic rings. The monoisotopic (exact) mass is 253 g/mol. The van der Waals surface area contributed by atoms with Crippen LogP contribution in [0.1, 0.15) is 24.2 Å². The Morgan fingerprint density at radius 1 is 1.50 bits per heavy atom. The van der Waals surface area contributed by atoms with Gasteiger partial charge in [0.1, 0.15) is 11.9 Å². The van der Waals surface area contributed by atoms with Crippen molar-refractivity contribution in [2.75, 3.05) is 13.7 Å². The topological polar surface area (TPSA) is 78.7 Å². The lowest BCUT2D eigenvalue weighted by molar-refractivity contribution is -0.384. The fourth-order valence-corrected chi connectivity index (χ4v) is 1.49. The normalized spacial score (nSPS) is 11.9. The summed E-state index contributed by atoms with van der Waals surface area (Å²) >= 11 is 0. The van der Waals surface area contributed by atoms with Crippen molar-refractivity contribution in [3.8, 4) is 5.75 Å². The Morgan fingerprint density at radius 3 is 2.67 bits per heavy atom. The van der Waals surface area contributed by atoms with Crippen LogP contribution in [0.2, 0.25) is 0 Å². The maximum Gasteiger partial charge on any atom is 0.270 e. The Balaban J connectivity index is 3.04. The molecule has 1 aromatic rings. The number of methoxy groups -OCH3 is 1. The maximum absolute atomic E-state index is 11.4. The van der Waals surface area contributed by atoms with E-state index >= 15 is 0 Å². The summed E-state index contributed by atoms with van der Waals surface area (Å²) in [5, 5.41) is 10.6. The summed E-state index contributed by atoms with van der Waals surface area (Å²) in [5.74, 6) is 0.0518. The first-order valence-corrected chi connectivity index (χ1v) is 5.40. The van der Waals surface area contributed by atoms with E-state index in [2.05, 4.69) is 0 Å². The summed E-state index contributed by atoms with van der Waals surface area (Å²) in [6, 6.07) is 3.96. The largest absolute Gasteiger partial charge is 0.488 e. The zero-order valence-corrected chi connectivity index (χ0v) is 10.5. The van der Waals surface area contributed by atoms with Gasteiger partial charge in [-0.3, -0.25) is 14.9 Å². The van der Waals surface area contributed by atoms with Crippen LogP contribution in [-0.4, -0.2) is 30.5 Å². The van der Waals surface area contributed by atoms with E-state index in [9.17, 15) is 14.9 Å². The van der Waals surface area contributed by atoms with E-state index in [0.717, 1.165) is 0 Å². The Kier molecular flexibility index (Phi) is 4.79. The van der Waals surface area contributed by atoms with Crippen LogP contribution < -0.4 is 4.74 Å². The van der Waals surface area contributed by atoms with Crippen LogP contribution in [0.15, 0.2) is 18.2 Å². The van der Waals surface area contributed by atoms with Crippen molar-refractivity contribution in [2.24, 2.45) is 0 Å². The molecule has 0 bridgehead atoms. The zero-order chi connectivity index (χ0) is 13.7. The van der Waals surface area contributed by atoms with E-state index in [-0.39, 0.29) is 23.1 Å². The second kappa shape index (κ2) is 6.11. The molecule has 0 radical (unpaired) electrons. The molecule has 0 heterocycles. The van der Waals surface area contributed by atoms with Gasteiger partial charge in [-0.2, -0.15) is 0 Å². The Hall–Kier alpha value is -1.95. The number of Topliss-reactive ketones (excluding diaryl/α,β-unsaturated/α-hetero) is 1. The third kappa shape index (κ3) is 3.53. The number of nitro benzene ring substituents is 1. The Bertz CT molecular complexity index is 458. The molecule has 0 aliphatic carbocycles. The molecule has 1 aromatic carbocycles. The van der Waals surface area contributed by atoms with E-state index in [1.165, 1.54) is 25.1 Å². The standard InChI is InChI=1S/C12H15NO5/c1-8(7-17-3)18-12-5-4-10(13(15)16)6-11(12)9(2)14/h4-6,8H,7H2,1-3H3. The Morgan fingerprint density at radius 2 is 2.17 bits per heavy atom. The average molecular weight is 253 g/mol. The molecular formula is C12H15NO5. The minimum Gasteiger partial charge on any atom is -0.488 e. The molecule has 0 amide bonds. The van der Waals surface area contributed by atoms with Crippen molar-refractivity contribution in [2.45, 2.75) is 20.0 Å². The zero-order valence-electron chi connectivity index (χ0n) is 10.5. The van der Waals surface area contributed by atoms with Crippen molar-refractivity contribution >= 4 is 11.5 Å². The van der Waals surface area contributed by atoms with Crippen LogP contribution >= 0.6 is 0 Å². The van der Waals surface area contributed by atoms with Gasteiger partial charge in [0.2, 0.25) is 0 Å². The molecule has 98 valence electrons. The van der Waals surface area contributed by atoms with E-state index in [0.29, 0.717) is 12.4 Å². The molecule has 0 fully saturated rings. The Labute approximate surface area is 105 Å². The fraction of sp³-hybridized carbons (Fsp3) is 0.417. The van der Waals surface area contributed by atoms with Gasteiger partial charge in [0.15, 0.2) is 5.78 Å². The van der Waals surface area contributed by atoms with Crippen molar-refractivity contribution in [3.63, 3.8) is 0 Å². The highest BCUT2D eigenvalue weighted by Crippen LogP contribution is 2.25. The van der Waals surface area contributed by atoms with Crippen molar-refractivity contribution < 1.29 is 19.2 Å². The third-order valence-electron chi connectivity index (χ3n) is 2.28. The highest BCUT2D eigenvalue weighted by atomic mass is 16.6. The summed E-state index contributed by atoms with van der Waals surface area (Å²) in [4.78, 5) is 21.5. The number of benzene rings is 1. The molecule has 1 unspecified atom stereocenters. The van der Waals surface area contributed by atoms with Gasteiger partial charge in [0.05, 0.1) is 17.1 Å². The van der Waals surface area contributed by atoms with Gasteiger partial charge in [-0.05, 0) is 19.9 Å². The summed E-state index contributed by atoms with van der Waals surface area (Å²) in [7, 11) is 1.54. The first-order chi connectivity index (χ1) is 8.45. The van der Waals surface area contributed by atoms with Crippen molar-refractivity contribution in [1.29, 1.82) is 0 Å². The molecule has 18 heavy (non-hydrogen) atoms. The molecule has 0 saturated carbocycles. The SMILES string of the molecule is COCC(C)Oc1ccc([N+](=O)[O-])cc1C(C)=O. The molecule has 6 heteroatoms. The van der Waals surface area contributed by atoms with Crippen molar-refractivity contribution in [1.82, 2.24) is 0 Å². The first kappa shape index (κ1) is 14.1. The third-order valence-corrected chi connectivity index (χ3v) is 2.28. The van der Waals surface area contributed by atoms with Gasteiger partial charge in [-0.15, -0.1) is 0 Å². The number of nitrogens with zero attached hydrogens (tertiary/aromatic N) is 1. The lowest BCUT2D eigenvalue weighted by Crippen LogP contribution is -2.19. The van der Waals surface area contributed by atoms with E-state index in [1.807, 2.05) is 0 Å². The van der Waals surface area contributed by atoms with Crippen LogP contribution in [0.5, 0.6) is 5.75 Å². The molecular weight excluding hydrogens is 238 g/mol. The highest BCUT2D eigenvalue weighted by molar-refractivity contribution is 5.97. The number of hydrogen-bond donors (Lipinski definition) is 0. The summed E-state index contributed by atoms with van der Waals surface area (Å²) in [5.41, 5.74) is 0.0686. The van der Waals surface area contributed by atoms with Gasteiger partial charge in [-0.25, -0.2) is 0 Å². The van der Waals surface area contributed by atoms with Crippen LogP contribution in [-0.2, 0) is 4.74 Å². The number of nitro groups is 1. The first-order valence-electron chi connectivity index (χ1n) is 5.40. The minimum atomic E-state index is -0.547. The second-order valence-electron chi connectivity index (χ2n) is 3.88. The maximum atomic E-state index is 11.4. The van der Waals surface area contributed by atoms with Crippen LogP contribution in [0.25, 0.3) is 0 Å². The number of ketones is 1. The number of ether oxygens (including phenoxy) is 2. The number of hydrogen-bond acceptors (Lipinski definition) is 5. The number of carbonyl (C=O) groups is 1. The van der Waals surface area contributed by atoms with E-state index in [1.54, 1.807) is 14.0 Å². The molecule has 0 aliphatic heterocycles. The molecule has 1 rings (SSSR count). The van der Waals surface area contributed by atoms with E-state index in [4.69, 9.17) is 9.47 Å². The van der Waals surface area contributed by atoms with Gasteiger partial charge in [0.25, 0.3) is 5.69 Å². The van der Waals surface area contributed by atoms with Crippen molar-refractivity contribution in [3.05, 3.63) is 33.9 Å². The molecule has 0 N–H and O–H groups in total. The summed E-state index contributed by atoms with van der Waals surface area (Å²) < 4.78 is 10.4. The molecule has 0 aromatic heterocycles. The summed E-state index contributed by atoms with van der Waals surface area (Å²) in [6.07, 6.45) is -0.241. The molecule has 6 nitrogen and oxygen atoms in total. The quantitative estimate of drug-likeness (QED) is 0.441. The molecule has 0 spiro atoms. The van der Waals surface area contributed by atoms with Gasteiger partial charge >= 0.3 is 0 Å². The lowest BCUT2D eigenvalue weighted by atomic mass is 10.1. The fourth-order valence-electron chi connectivity index (χ4n) is 1.49. The molecule has 0 saturated heterocycles. The minimum absolute atomic E-state index is 0.132. The predicted octanol–water partition coefficient (Wildman–Crippen LogP) is 2.21. The average Bonchev–Trinajstić information content (AvgIpc) is 2.29. The number of rotatable bonds is 6. The summed E-state index contributed by atoms with van der Waals surface area (Å²) in [6.45, 7) is 3.50. The number of carbonyl (C=O) groups excluding carboxylic acids is 1. The van der Waals surface area contributed by atoms with Crippen LogP contribution in [0.4, 0.5) is 5.69 Å². The van der Waals surface area contributed by atoms with Crippen LogP contribution in [0, 0.1) is 10.1 Å². The smallest absolute Gasteiger partial charge is 0.270 e. The van der Waals surface area contributed by atoms with E-state index < -0.39 is 4.92 Å². The lowest BCUT2D eigenvalue weighted by Gasteiger charge is -2.15. The molecule has 1 atom stereocenters. The second-order valence-corrected chi connectivity index (χ2v) is 3.88. The van der Waals surface area contributed by atoms with Gasteiger partial charge < -0.3 is 9.47 Å². The van der Waals surface area contributed by atoms with Gasteiger partial charge in [0, 0.05) is 19.2 Å². The van der Waals surface area contributed by atoms with Crippen LogP contribution in [0.3, 0.4) is 0 Å². The predicted molar refractivity (Wildman–Crippen MR) is 65.1 cm³/mol.